The van der Waals surface area contributed by atoms with Crippen LogP contribution in [0.3, 0.4) is 0 Å². The Labute approximate surface area is 108 Å². The molecule has 0 saturated heterocycles. The summed E-state index contributed by atoms with van der Waals surface area (Å²) in [6, 6.07) is 15.1. The molecule has 0 atom stereocenters. The van der Waals surface area contributed by atoms with Crippen molar-refractivity contribution in [2.24, 2.45) is 0 Å². The molecule has 0 aromatic heterocycles. The number of benzene rings is 2. The standard InChI is InChI=1S/C17H18O/c1-18-17-9-5-4-8-16(17)15-11-10-13-6-2-3-7-14(13)12-15/h4-5,8-12H,2-3,6-7H2,1H3. The van der Waals surface area contributed by atoms with Crippen molar-refractivity contribution in [3.8, 4) is 16.9 Å². The first-order valence-corrected chi connectivity index (χ1v) is 6.63. The van der Waals surface area contributed by atoms with E-state index in [2.05, 4.69) is 30.3 Å². The molecule has 1 aliphatic carbocycles. The minimum atomic E-state index is 0.952. The van der Waals surface area contributed by atoms with Crippen molar-refractivity contribution in [1.29, 1.82) is 0 Å². The predicted octanol–water partition coefficient (Wildman–Crippen LogP) is 4.24. The number of hydrogen-bond donors (Lipinski definition) is 0. The Morgan fingerprint density at radius 1 is 0.889 bits per heavy atom. The van der Waals surface area contributed by atoms with Gasteiger partial charge in [0.15, 0.2) is 0 Å². The molecule has 0 aliphatic heterocycles. The number of fused-ring (bicyclic) bond motifs is 1. The van der Waals surface area contributed by atoms with E-state index in [1.165, 1.54) is 47.9 Å². The van der Waals surface area contributed by atoms with Gasteiger partial charge in [0.2, 0.25) is 0 Å². The summed E-state index contributed by atoms with van der Waals surface area (Å²) in [4.78, 5) is 0. The largest absolute Gasteiger partial charge is 0.496 e. The van der Waals surface area contributed by atoms with Gasteiger partial charge in [0.25, 0.3) is 0 Å². The van der Waals surface area contributed by atoms with Crippen molar-refractivity contribution in [3.63, 3.8) is 0 Å². The highest BCUT2D eigenvalue weighted by atomic mass is 16.5. The van der Waals surface area contributed by atoms with Crippen LogP contribution < -0.4 is 4.74 Å². The van der Waals surface area contributed by atoms with E-state index in [9.17, 15) is 0 Å². The van der Waals surface area contributed by atoms with Crippen LogP contribution >= 0.6 is 0 Å². The molecule has 1 heteroatoms. The molecule has 0 fully saturated rings. The molecule has 92 valence electrons. The van der Waals surface area contributed by atoms with E-state index >= 15 is 0 Å². The Bertz CT molecular complexity index is 557. The Morgan fingerprint density at radius 3 is 2.50 bits per heavy atom. The highest BCUT2D eigenvalue weighted by Gasteiger charge is 2.11. The van der Waals surface area contributed by atoms with E-state index in [1.54, 1.807) is 7.11 Å². The molecule has 0 heterocycles. The van der Waals surface area contributed by atoms with Gasteiger partial charge in [-0.25, -0.2) is 0 Å². The lowest BCUT2D eigenvalue weighted by atomic mass is 9.89. The molecule has 2 aromatic rings. The highest BCUT2D eigenvalue weighted by Crippen LogP contribution is 2.32. The highest BCUT2D eigenvalue weighted by molar-refractivity contribution is 5.71. The molecular formula is C17H18O. The van der Waals surface area contributed by atoms with E-state index in [4.69, 9.17) is 4.74 Å². The number of rotatable bonds is 2. The van der Waals surface area contributed by atoms with E-state index < -0.39 is 0 Å². The molecule has 0 saturated carbocycles. The maximum Gasteiger partial charge on any atom is 0.126 e. The van der Waals surface area contributed by atoms with E-state index in [0.29, 0.717) is 0 Å². The monoisotopic (exact) mass is 238 g/mol. The first-order chi connectivity index (χ1) is 8.88. The maximum absolute atomic E-state index is 5.44. The summed E-state index contributed by atoms with van der Waals surface area (Å²) in [5.74, 6) is 0.952. The van der Waals surface area contributed by atoms with Gasteiger partial charge in [-0.3, -0.25) is 0 Å². The van der Waals surface area contributed by atoms with Gasteiger partial charge in [0.05, 0.1) is 7.11 Å². The molecule has 0 spiro atoms. The van der Waals surface area contributed by atoms with Crippen molar-refractivity contribution >= 4 is 0 Å². The van der Waals surface area contributed by atoms with Crippen molar-refractivity contribution in [2.75, 3.05) is 7.11 Å². The third-order valence-electron chi connectivity index (χ3n) is 3.77. The van der Waals surface area contributed by atoms with Gasteiger partial charge in [-0.15, -0.1) is 0 Å². The van der Waals surface area contributed by atoms with Crippen LogP contribution in [-0.4, -0.2) is 7.11 Å². The van der Waals surface area contributed by atoms with Crippen LogP contribution in [-0.2, 0) is 12.8 Å². The lowest BCUT2D eigenvalue weighted by Gasteiger charge is -2.17. The van der Waals surface area contributed by atoms with Gasteiger partial charge >= 0.3 is 0 Å². The minimum Gasteiger partial charge on any atom is -0.496 e. The third kappa shape index (κ3) is 2.01. The quantitative estimate of drug-likeness (QED) is 0.760. The summed E-state index contributed by atoms with van der Waals surface area (Å²) < 4.78 is 5.44. The lowest BCUT2D eigenvalue weighted by molar-refractivity contribution is 0.416. The molecule has 0 N–H and O–H groups in total. The van der Waals surface area contributed by atoms with Crippen LogP contribution in [0.2, 0.25) is 0 Å². The molecule has 18 heavy (non-hydrogen) atoms. The van der Waals surface area contributed by atoms with E-state index in [0.717, 1.165) is 5.75 Å². The van der Waals surface area contributed by atoms with Crippen molar-refractivity contribution in [2.45, 2.75) is 25.7 Å². The first-order valence-electron chi connectivity index (χ1n) is 6.63. The number of methoxy groups -OCH3 is 1. The zero-order valence-electron chi connectivity index (χ0n) is 10.8. The second kappa shape index (κ2) is 4.85. The van der Waals surface area contributed by atoms with Gasteiger partial charge in [-0.1, -0.05) is 36.4 Å². The second-order valence-electron chi connectivity index (χ2n) is 4.89. The number of hydrogen-bond acceptors (Lipinski definition) is 1. The average molecular weight is 238 g/mol. The minimum absolute atomic E-state index is 0.952. The first kappa shape index (κ1) is 11.3. The van der Waals surface area contributed by atoms with Crippen molar-refractivity contribution in [3.05, 3.63) is 53.6 Å². The molecule has 3 rings (SSSR count). The SMILES string of the molecule is COc1ccccc1-c1ccc2c(c1)CCCC2. The van der Waals surface area contributed by atoms with Crippen LogP contribution in [0.15, 0.2) is 42.5 Å². The number of para-hydroxylation sites is 1. The molecule has 2 aromatic carbocycles. The Kier molecular flexibility index (Phi) is 3.06. The summed E-state index contributed by atoms with van der Waals surface area (Å²) in [5, 5.41) is 0. The number of ether oxygens (including phenoxy) is 1. The van der Waals surface area contributed by atoms with Crippen LogP contribution in [0.4, 0.5) is 0 Å². The normalized spacial score (nSPS) is 14.1. The maximum atomic E-state index is 5.44. The molecule has 0 radical (unpaired) electrons. The fourth-order valence-corrected chi connectivity index (χ4v) is 2.78. The van der Waals surface area contributed by atoms with Crippen molar-refractivity contribution in [1.82, 2.24) is 0 Å². The fourth-order valence-electron chi connectivity index (χ4n) is 2.78. The molecule has 0 unspecified atom stereocenters. The van der Waals surface area contributed by atoms with Crippen LogP contribution in [0.1, 0.15) is 24.0 Å². The summed E-state index contributed by atoms with van der Waals surface area (Å²) in [7, 11) is 1.73. The van der Waals surface area contributed by atoms with Crippen LogP contribution in [0.25, 0.3) is 11.1 Å². The Morgan fingerprint density at radius 2 is 1.67 bits per heavy atom. The second-order valence-corrected chi connectivity index (χ2v) is 4.89. The molecule has 0 amide bonds. The molecular weight excluding hydrogens is 220 g/mol. The van der Waals surface area contributed by atoms with Crippen LogP contribution in [0, 0.1) is 0 Å². The topological polar surface area (TPSA) is 9.23 Å². The zero-order valence-corrected chi connectivity index (χ0v) is 10.8. The fraction of sp³-hybridized carbons (Fsp3) is 0.294. The van der Waals surface area contributed by atoms with Gasteiger partial charge in [-0.05, 0) is 48.4 Å². The third-order valence-corrected chi connectivity index (χ3v) is 3.77. The lowest BCUT2D eigenvalue weighted by Crippen LogP contribution is -2.02. The smallest absolute Gasteiger partial charge is 0.126 e. The van der Waals surface area contributed by atoms with E-state index in [-0.39, 0.29) is 0 Å². The van der Waals surface area contributed by atoms with E-state index in [1.807, 2.05) is 12.1 Å². The van der Waals surface area contributed by atoms with Gasteiger partial charge < -0.3 is 4.74 Å². The molecule has 1 nitrogen and oxygen atoms in total. The number of aryl methyl sites for hydroxylation is 2. The summed E-state index contributed by atoms with van der Waals surface area (Å²) in [6.45, 7) is 0. The van der Waals surface area contributed by atoms with Gasteiger partial charge in [0, 0.05) is 5.56 Å². The summed E-state index contributed by atoms with van der Waals surface area (Å²) in [5.41, 5.74) is 5.51. The molecule has 0 bridgehead atoms. The van der Waals surface area contributed by atoms with Gasteiger partial charge in [-0.2, -0.15) is 0 Å². The average Bonchev–Trinajstić information content (AvgIpc) is 2.46. The summed E-state index contributed by atoms with van der Waals surface area (Å²) in [6.07, 6.45) is 5.11. The summed E-state index contributed by atoms with van der Waals surface area (Å²) >= 11 is 0. The molecule has 1 aliphatic rings. The zero-order chi connectivity index (χ0) is 12.4. The Hall–Kier alpha value is -1.76. The van der Waals surface area contributed by atoms with Crippen molar-refractivity contribution < 1.29 is 4.74 Å². The van der Waals surface area contributed by atoms with Crippen LogP contribution in [0.5, 0.6) is 5.75 Å². The Balaban J connectivity index is 2.06. The van der Waals surface area contributed by atoms with Gasteiger partial charge in [0.1, 0.15) is 5.75 Å². The predicted molar refractivity (Wildman–Crippen MR) is 75.1 cm³/mol.